The Balaban J connectivity index is 1.79. The van der Waals surface area contributed by atoms with Crippen molar-refractivity contribution < 1.29 is 0 Å². The van der Waals surface area contributed by atoms with Gasteiger partial charge in [0.15, 0.2) is 0 Å². The molecule has 2 rings (SSSR count). The largest absolute Gasteiger partial charge is 0.313 e. The summed E-state index contributed by atoms with van der Waals surface area (Å²) in [6.45, 7) is 2.91. The molecule has 0 aromatic heterocycles. The number of hydrogen-bond donors (Lipinski definition) is 1. The Labute approximate surface area is 113 Å². The summed E-state index contributed by atoms with van der Waals surface area (Å²) in [4.78, 5) is 2.26. The topological polar surface area (TPSA) is 15.3 Å². The number of nitrogens with zero attached hydrogens (tertiary/aromatic N) is 1. The summed E-state index contributed by atoms with van der Waals surface area (Å²) in [5.41, 5.74) is 1.09. The Kier molecular flexibility index (Phi) is 4.69. The molecule has 1 aromatic rings. The van der Waals surface area contributed by atoms with Crippen molar-refractivity contribution in [1.82, 2.24) is 10.2 Å². The van der Waals surface area contributed by atoms with E-state index in [1.807, 2.05) is 18.2 Å². The maximum absolute atomic E-state index is 6.16. The van der Waals surface area contributed by atoms with Gasteiger partial charge in [0.2, 0.25) is 0 Å². The van der Waals surface area contributed by atoms with Crippen LogP contribution in [0.3, 0.4) is 0 Å². The first kappa shape index (κ1) is 13.2. The van der Waals surface area contributed by atoms with Crippen LogP contribution in [0, 0.1) is 0 Å². The Morgan fingerprint density at radius 1 is 1.35 bits per heavy atom. The van der Waals surface area contributed by atoms with Crippen LogP contribution in [0.2, 0.25) is 10.0 Å². The van der Waals surface area contributed by atoms with Gasteiger partial charge in [0, 0.05) is 25.7 Å². The zero-order valence-corrected chi connectivity index (χ0v) is 11.6. The van der Waals surface area contributed by atoms with Gasteiger partial charge in [-0.15, -0.1) is 0 Å². The first-order chi connectivity index (χ1) is 8.16. The number of benzene rings is 1. The highest BCUT2D eigenvalue weighted by molar-refractivity contribution is 6.42. The average Bonchev–Trinajstić information content (AvgIpc) is 3.09. The van der Waals surface area contributed by atoms with Gasteiger partial charge >= 0.3 is 0 Å². The van der Waals surface area contributed by atoms with Crippen molar-refractivity contribution in [1.29, 1.82) is 0 Å². The highest BCUT2D eigenvalue weighted by Gasteiger charge is 2.19. The van der Waals surface area contributed by atoms with E-state index in [1.54, 1.807) is 0 Å². The molecule has 0 radical (unpaired) electrons. The van der Waals surface area contributed by atoms with E-state index < -0.39 is 0 Å². The first-order valence-electron chi connectivity index (χ1n) is 6.01. The van der Waals surface area contributed by atoms with E-state index in [-0.39, 0.29) is 0 Å². The van der Waals surface area contributed by atoms with E-state index in [2.05, 4.69) is 17.3 Å². The van der Waals surface area contributed by atoms with E-state index in [4.69, 9.17) is 23.2 Å². The fraction of sp³-hybridized carbons (Fsp3) is 0.538. The fourth-order valence-corrected chi connectivity index (χ4v) is 2.17. The second kappa shape index (κ2) is 6.05. The SMILES string of the molecule is CN(CCNC1CC1)Cc1cccc(Cl)c1Cl. The van der Waals surface area contributed by atoms with Gasteiger partial charge in [-0.1, -0.05) is 35.3 Å². The van der Waals surface area contributed by atoms with Crippen molar-refractivity contribution in [3.63, 3.8) is 0 Å². The van der Waals surface area contributed by atoms with Gasteiger partial charge in [-0.05, 0) is 31.5 Å². The predicted molar refractivity (Wildman–Crippen MR) is 73.8 cm³/mol. The van der Waals surface area contributed by atoms with Crippen LogP contribution in [0.1, 0.15) is 18.4 Å². The minimum absolute atomic E-state index is 0.633. The lowest BCUT2D eigenvalue weighted by atomic mass is 10.2. The molecule has 4 heteroatoms. The summed E-state index contributed by atoms with van der Waals surface area (Å²) in [6, 6.07) is 6.57. The van der Waals surface area contributed by atoms with E-state index in [9.17, 15) is 0 Å². The van der Waals surface area contributed by atoms with Gasteiger partial charge in [-0.3, -0.25) is 0 Å². The smallest absolute Gasteiger partial charge is 0.0637 e. The van der Waals surface area contributed by atoms with Crippen LogP contribution >= 0.6 is 23.2 Å². The van der Waals surface area contributed by atoms with Gasteiger partial charge in [0.1, 0.15) is 0 Å². The summed E-state index contributed by atoms with van der Waals surface area (Å²) in [7, 11) is 2.10. The van der Waals surface area contributed by atoms with Crippen molar-refractivity contribution in [3.05, 3.63) is 33.8 Å². The summed E-state index contributed by atoms with van der Waals surface area (Å²) in [5.74, 6) is 0. The third-order valence-corrected chi connectivity index (χ3v) is 3.83. The first-order valence-corrected chi connectivity index (χ1v) is 6.77. The maximum Gasteiger partial charge on any atom is 0.0637 e. The second-order valence-electron chi connectivity index (χ2n) is 4.68. The molecule has 0 unspecified atom stereocenters. The van der Waals surface area contributed by atoms with Gasteiger partial charge < -0.3 is 10.2 Å². The molecule has 1 N–H and O–H groups in total. The zero-order chi connectivity index (χ0) is 12.3. The Morgan fingerprint density at radius 3 is 2.82 bits per heavy atom. The lowest BCUT2D eigenvalue weighted by Gasteiger charge is -2.18. The molecule has 0 amide bonds. The van der Waals surface area contributed by atoms with Crippen LogP contribution in [-0.4, -0.2) is 31.1 Å². The van der Waals surface area contributed by atoms with Crippen molar-refractivity contribution in [2.75, 3.05) is 20.1 Å². The van der Waals surface area contributed by atoms with Crippen LogP contribution in [0.25, 0.3) is 0 Å². The van der Waals surface area contributed by atoms with Crippen molar-refractivity contribution >= 4 is 23.2 Å². The normalized spacial score (nSPS) is 15.5. The fourth-order valence-electron chi connectivity index (χ4n) is 1.79. The van der Waals surface area contributed by atoms with Crippen molar-refractivity contribution in [3.8, 4) is 0 Å². The van der Waals surface area contributed by atoms with E-state index in [0.29, 0.717) is 10.0 Å². The highest BCUT2D eigenvalue weighted by Crippen LogP contribution is 2.26. The van der Waals surface area contributed by atoms with Crippen LogP contribution in [-0.2, 0) is 6.54 Å². The Bertz CT molecular complexity index is 378. The number of likely N-dealkylation sites (N-methyl/N-ethyl adjacent to an activating group) is 1. The van der Waals surface area contributed by atoms with Crippen LogP contribution in [0.5, 0.6) is 0 Å². The molecule has 2 nitrogen and oxygen atoms in total. The molecule has 1 aromatic carbocycles. The minimum atomic E-state index is 0.633. The Morgan fingerprint density at radius 2 is 2.12 bits per heavy atom. The minimum Gasteiger partial charge on any atom is -0.313 e. The third kappa shape index (κ3) is 4.14. The molecule has 1 aliphatic carbocycles. The lowest BCUT2D eigenvalue weighted by molar-refractivity contribution is 0.324. The zero-order valence-electron chi connectivity index (χ0n) is 10.0. The molecule has 0 bridgehead atoms. The molecule has 0 aliphatic heterocycles. The highest BCUT2D eigenvalue weighted by atomic mass is 35.5. The second-order valence-corrected chi connectivity index (χ2v) is 5.46. The van der Waals surface area contributed by atoms with E-state index in [1.165, 1.54) is 12.8 Å². The van der Waals surface area contributed by atoms with Gasteiger partial charge in [0.25, 0.3) is 0 Å². The number of halogens is 2. The third-order valence-electron chi connectivity index (χ3n) is 2.98. The van der Waals surface area contributed by atoms with Gasteiger partial charge in [-0.2, -0.15) is 0 Å². The summed E-state index contributed by atoms with van der Waals surface area (Å²) in [6.07, 6.45) is 2.67. The van der Waals surface area contributed by atoms with Gasteiger partial charge in [0.05, 0.1) is 10.0 Å². The monoisotopic (exact) mass is 272 g/mol. The molecule has 1 saturated carbocycles. The predicted octanol–water partition coefficient (Wildman–Crippen LogP) is 3.18. The average molecular weight is 273 g/mol. The molecule has 0 atom stereocenters. The molecule has 0 saturated heterocycles. The number of hydrogen-bond acceptors (Lipinski definition) is 2. The molecule has 0 spiro atoms. The molecule has 0 heterocycles. The van der Waals surface area contributed by atoms with E-state index in [0.717, 1.165) is 31.2 Å². The van der Waals surface area contributed by atoms with E-state index >= 15 is 0 Å². The lowest BCUT2D eigenvalue weighted by Crippen LogP contribution is -2.30. The molecule has 1 aliphatic rings. The van der Waals surface area contributed by atoms with Crippen LogP contribution < -0.4 is 5.32 Å². The molecular weight excluding hydrogens is 255 g/mol. The summed E-state index contributed by atoms with van der Waals surface area (Å²) >= 11 is 12.1. The van der Waals surface area contributed by atoms with Gasteiger partial charge in [-0.25, -0.2) is 0 Å². The van der Waals surface area contributed by atoms with Crippen molar-refractivity contribution in [2.45, 2.75) is 25.4 Å². The maximum atomic E-state index is 6.16. The molecule has 94 valence electrons. The quantitative estimate of drug-likeness (QED) is 0.856. The number of rotatable bonds is 6. The summed E-state index contributed by atoms with van der Waals surface area (Å²) < 4.78 is 0. The molecule has 1 fully saturated rings. The summed E-state index contributed by atoms with van der Waals surface area (Å²) in [5, 5.41) is 4.81. The standard InChI is InChI=1S/C13H18Cl2N2/c1-17(8-7-16-11-5-6-11)9-10-3-2-4-12(14)13(10)15/h2-4,11,16H,5-9H2,1H3. The van der Waals surface area contributed by atoms with Crippen LogP contribution in [0.15, 0.2) is 18.2 Å². The molecule has 17 heavy (non-hydrogen) atoms. The Hall–Kier alpha value is -0.280. The molecular formula is C13H18Cl2N2. The van der Waals surface area contributed by atoms with Crippen molar-refractivity contribution in [2.24, 2.45) is 0 Å². The van der Waals surface area contributed by atoms with Crippen LogP contribution in [0.4, 0.5) is 0 Å². The number of nitrogens with one attached hydrogen (secondary N) is 1.